The highest BCUT2D eigenvalue weighted by atomic mass is 35.5. The molecule has 3 nitrogen and oxygen atoms in total. The van der Waals surface area contributed by atoms with E-state index in [-0.39, 0.29) is 6.04 Å². The Morgan fingerprint density at radius 1 is 1.40 bits per heavy atom. The highest BCUT2D eigenvalue weighted by Gasteiger charge is 2.32. The number of sulfone groups is 1. The van der Waals surface area contributed by atoms with Gasteiger partial charge in [0, 0.05) is 24.2 Å². The molecule has 0 unspecified atom stereocenters. The Kier molecular flexibility index (Phi) is 5.10. The van der Waals surface area contributed by atoms with Gasteiger partial charge in [-0.25, -0.2) is 8.42 Å². The first-order valence-electron chi connectivity index (χ1n) is 7.04. The number of nitrogens with zero attached hydrogens (tertiary/aromatic N) is 1. The van der Waals surface area contributed by atoms with Gasteiger partial charge in [-0.1, -0.05) is 37.6 Å². The Morgan fingerprint density at radius 3 is 2.70 bits per heavy atom. The van der Waals surface area contributed by atoms with Crippen molar-refractivity contribution in [1.29, 1.82) is 0 Å². The van der Waals surface area contributed by atoms with E-state index >= 15 is 0 Å². The van der Waals surface area contributed by atoms with Crippen molar-refractivity contribution in [3.05, 3.63) is 34.9 Å². The monoisotopic (exact) mass is 315 g/mol. The minimum Gasteiger partial charge on any atom is -0.295 e. The van der Waals surface area contributed by atoms with E-state index in [1.807, 2.05) is 24.3 Å². The molecule has 0 spiro atoms. The van der Waals surface area contributed by atoms with E-state index in [0.29, 0.717) is 17.4 Å². The topological polar surface area (TPSA) is 37.4 Å². The van der Waals surface area contributed by atoms with Crippen LogP contribution in [0.4, 0.5) is 0 Å². The molecule has 0 bridgehead atoms. The molecule has 1 fully saturated rings. The van der Waals surface area contributed by atoms with E-state index in [1.165, 1.54) is 0 Å². The van der Waals surface area contributed by atoms with E-state index < -0.39 is 9.84 Å². The third-order valence-corrected chi connectivity index (χ3v) is 5.58. The summed E-state index contributed by atoms with van der Waals surface area (Å²) in [5.74, 6) is 1.12. The first-order valence-corrected chi connectivity index (χ1v) is 9.24. The molecule has 0 saturated carbocycles. The molecule has 0 amide bonds. The van der Waals surface area contributed by atoms with Crippen molar-refractivity contribution >= 4 is 21.4 Å². The van der Waals surface area contributed by atoms with Crippen molar-refractivity contribution in [1.82, 2.24) is 4.90 Å². The normalized spacial score (nSPS) is 21.8. The first kappa shape index (κ1) is 15.8. The highest BCUT2D eigenvalue weighted by molar-refractivity contribution is 7.91. The summed E-state index contributed by atoms with van der Waals surface area (Å²) in [5.41, 5.74) is 1.14. The van der Waals surface area contributed by atoms with Gasteiger partial charge < -0.3 is 0 Å². The maximum absolute atomic E-state index is 11.7. The summed E-state index contributed by atoms with van der Waals surface area (Å²) in [6, 6.07) is 7.94. The molecule has 1 aromatic rings. The molecular weight excluding hydrogens is 294 g/mol. The van der Waals surface area contributed by atoms with Crippen molar-refractivity contribution in [2.24, 2.45) is 5.92 Å². The van der Waals surface area contributed by atoms with E-state index in [4.69, 9.17) is 11.6 Å². The Bertz CT molecular complexity index is 557. The smallest absolute Gasteiger partial charge is 0.151 e. The van der Waals surface area contributed by atoms with Crippen LogP contribution in [0, 0.1) is 5.92 Å². The second-order valence-electron chi connectivity index (χ2n) is 6.01. The minimum absolute atomic E-state index is 0.140. The average Bonchev–Trinajstić information content (AvgIpc) is 2.68. The number of hydrogen-bond donors (Lipinski definition) is 0. The van der Waals surface area contributed by atoms with Crippen molar-refractivity contribution in [2.45, 2.75) is 32.9 Å². The molecule has 1 heterocycles. The van der Waals surface area contributed by atoms with Crippen molar-refractivity contribution < 1.29 is 8.42 Å². The third kappa shape index (κ3) is 4.47. The van der Waals surface area contributed by atoms with Crippen LogP contribution in [0.2, 0.25) is 5.02 Å². The van der Waals surface area contributed by atoms with Crippen LogP contribution in [0.3, 0.4) is 0 Å². The van der Waals surface area contributed by atoms with Crippen LogP contribution >= 0.6 is 11.6 Å². The Balaban J connectivity index is 2.12. The fraction of sp³-hybridized carbons (Fsp3) is 0.600. The second-order valence-corrected chi connectivity index (χ2v) is 8.68. The molecule has 1 aliphatic rings. The van der Waals surface area contributed by atoms with E-state index in [0.717, 1.165) is 30.1 Å². The van der Waals surface area contributed by atoms with Crippen LogP contribution in [0.25, 0.3) is 0 Å². The molecule has 20 heavy (non-hydrogen) atoms. The van der Waals surface area contributed by atoms with Gasteiger partial charge in [-0.3, -0.25) is 4.90 Å². The van der Waals surface area contributed by atoms with Crippen LogP contribution in [0.1, 0.15) is 25.8 Å². The van der Waals surface area contributed by atoms with Crippen LogP contribution < -0.4 is 0 Å². The molecule has 0 radical (unpaired) electrons. The van der Waals surface area contributed by atoms with Crippen LogP contribution in [0.15, 0.2) is 24.3 Å². The third-order valence-electron chi connectivity index (χ3n) is 3.60. The van der Waals surface area contributed by atoms with Crippen LogP contribution in [-0.4, -0.2) is 37.4 Å². The predicted molar refractivity (Wildman–Crippen MR) is 83.8 cm³/mol. The number of benzene rings is 1. The Labute approximate surface area is 126 Å². The first-order chi connectivity index (χ1) is 9.35. The maximum Gasteiger partial charge on any atom is 0.151 e. The van der Waals surface area contributed by atoms with Gasteiger partial charge in [0.15, 0.2) is 9.84 Å². The summed E-state index contributed by atoms with van der Waals surface area (Å²) in [7, 11) is -2.84. The highest BCUT2D eigenvalue weighted by Crippen LogP contribution is 2.22. The van der Waals surface area contributed by atoms with Gasteiger partial charge in [-0.05, 0) is 30.0 Å². The van der Waals surface area contributed by atoms with Crippen molar-refractivity contribution in [3.8, 4) is 0 Å². The molecule has 0 aromatic heterocycles. The molecule has 0 aliphatic carbocycles. The lowest BCUT2D eigenvalue weighted by molar-refractivity contribution is 0.181. The SMILES string of the molecule is CC(C)CN(Cc1cccc(Cl)c1)[C@@H]1CCS(=O)(=O)C1. The molecule has 1 atom stereocenters. The summed E-state index contributed by atoms with van der Waals surface area (Å²) >= 11 is 6.02. The molecule has 5 heteroatoms. The van der Waals surface area contributed by atoms with Gasteiger partial charge in [0.25, 0.3) is 0 Å². The minimum atomic E-state index is -2.84. The van der Waals surface area contributed by atoms with Gasteiger partial charge in [0.2, 0.25) is 0 Å². The van der Waals surface area contributed by atoms with Crippen molar-refractivity contribution in [2.75, 3.05) is 18.1 Å². The fourth-order valence-corrected chi connectivity index (χ4v) is 4.72. The zero-order valence-corrected chi connectivity index (χ0v) is 13.6. The molecule has 1 aromatic carbocycles. The average molecular weight is 316 g/mol. The van der Waals surface area contributed by atoms with Gasteiger partial charge >= 0.3 is 0 Å². The standard InChI is InChI=1S/C15H22ClNO2S/c1-12(2)9-17(15-6-7-20(18,19)11-15)10-13-4-3-5-14(16)8-13/h3-5,8,12,15H,6-7,9-11H2,1-2H3/t15-/m1/s1. The van der Waals surface area contributed by atoms with Crippen molar-refractivity contribution in [3.63, 3.8) is 0 Å². The van der Waals surface area contributed by atoms with Crippen LogP contribution in [-0.2, 0) is 16.4 Å². The summed E-state index contributed by atoms with van der Waals surface area (Å²) in [6.07, 6.45) is 0.746. The number of rotatable bonds is 5. The zero-order valence-electron chi connectivity index (χ0n) is 12.0. The van der Waals surface area contributed by atoms with Gasteiger partial charge in [-0.15, -0.1) is 0 Å². The lowest BCUT2D eigenvalue weighted by atomic mass is 10.1. The molecule has 0 N–H and O–H groups in total. The van der Waals surface area contributed by atoms with Gasteiger partial charge in [0.1, 0.15) is 0 Å². The largest absolute Gasteiger partial charge is 0.295 e. The second kappa shape index (κ2) is 6.46. The lowest BCUT2D eigenvalue weighted by Crippen LogP contribution is -2.38. The maximum atomic E-state index is 11.7. The van der Waals surface area contributed by atoms with Gasteiger partial charge in [0.05, 0.1) is 11.5 Å². The summed E-state index contributed by atoms with van der Waals surface area (Å²) in [6.45, 7) is 5.99. The summed E-state index contributed by atoms with van der Waals surface area (Å²) < 4.78 is 23.4. The van der Waals surface area contributed by atoms with E-state index in [9.17, 15) is 8.42 Å². The summed E-state index contributed by atoms with van der Waals surface area (Å²) in [5, 5.41) is 0.728. The molecule has 1 saturated heterocycles. The quantitative estimate of drug-likeness (QED) is 0.838. The lowest BCUT2D eigenvalue weighted by Gasteiger charge is -2.29. The number of halogens is 1. The fourth-order valence-electron chi connectivity index (χ4n) is 2.74. The number of hydrogen-bond acceptors (Lipinski definition) is 3. The molecular formula is C15H22ClNO2S. The predicted octanol–water partition coefficient (Wildman–Crippen LogP) is 2.99. The molecule has 112 valence electrons. The zero-order chi connectivity index (χ0) is 14.8. The van der Waals surface area contributed by atoms with E-state index in [2.05, 4.69) is 18.7 Å². The molecule has 1 aliphatic heterocycles. The Hall–Kier alpha value is -0.580. The van der Waals surface area contributed by atoms with E-state index in [1.54, 1.807) is 0 Å². The Morgan fingerprint density at radius 2 is 2.15 bits per heavy atom. The van der Waals surface area contributed by atoms with Gasteiger partial charge in [-0.2, -0.15) is 0 Å². The van der Waals surface area contributed by atoms with Crippen LogP contribution in [0.5, 0.6) is 0 Å². The summed E-state index contributed by atoms with van der Waals surface area (Å²) in [4.78, 5) is 2.29. The molecule has 2 rings (SSSR count).